The van der Waals surface area contributed by atoms with Crippen LogP contribution in [0.1, 0.15) is 10.6 Å². The molecule has 3 rings (SSSR count). The normalized spacial score (nSPS) is 11.2. The Morgan fingerprint density at radius 3 is 2.72 bits per heavy atom. The lowest BCUT2D eigenvalue weighted by molar-refractivity contribution is 0.628. The molecule has 124 valence electrons. The van der Waals surface area contributed by atoms with E-state index < -0.39 is 0 Å². The first-order chi connectivity index (χ1) is 12.1. The molecule has 0 aliphatic rings. The maximum atomic E-state index is 13.0. The molecule has 0 amide bonds. The molecule has 2 aromatic carbocycles. The molecular weight excluding hydrogens is 357 g/mol. The number of anilines is 1. The fraction of sp³-hybridized carbons (Fsp3) is 0.0526. The van der Waals surface area contributed by atoms with E-state index in [9.17, 15) is 9.65 Å². The number of nitrogens with one attached hydrogen (secondary N) is 1. The van der Waals surface area contributed by atoms with Crippen molar-refractivity contribution in [3.05, 3.63) is 75.5 Å². The van der Waals surface area contributed by atoms with Crippen LogP contribution in [0.3, 0.4) is 0 Å². The second kappa shape index (κ2) is 7.47. The molecule has 0 aliphatic carbocycles. The number of aryl methyl sites for hydroxylation is 1. The van der Waals surface area contributed by atoms with Crippen LogP contribution in [0.15, 0.2) is 54.0 Å². The summed E-state index contributed by atoms with van der Waals surface area (Å²) in [4.78, 5) is 4.46. The number of hydrogen-bond donors (Lipinski definition) is 1. The van der Waals surface area contributed by atoms with Gasteiger partial charge in [0.25, 0.3) is 0 Å². The van der Waals surface area contributed by atoms with E-state index in [0.29, 0.717) is 21.3 Å². The van der Waals surface area contributed by atoms with Gasteiger partial charge in [0.2, 0.25) is 0 Å². The Hall–Kier alpha value is -2.68. The van der Waals surface area contributed by atoms with Gasteiger partial charge in [0.05, 0.1) is 5.69 Å². The third-order valence-corrected chi connectivity index (χ3v) is 4.83. The first-order valence-electron chi connectivity index (χ1n) is 7.41. The van der Waals surface area contributed by atoms with E-state index in [0.717, 1.165) is 16.8 Å². The quantitative estimate of drug-likeness (QED) is 0.583. The molecule has 0 saturated carbocycles. The maximum Gasteiger partial charge on any atom is 0.136 e. The molecule has 3 nitrogen and oxygen atoms in total. The van der Waals surface area contributed by atoms with Gasteiger partial charge in [0, 0.05) is 27.9 Å². The number of aromatic nitrogens is 1. The summed E-state index contributed by atoms with van der Waals surface area (Å²) in [7, 11) is 0. The fourth-order valence-corrected chi connectivity index (χ4v) is 3.11. The monoisotopic (exact) mass is 369 g/mol. The average molecular weight is 370 g/mol. The van der Waals surface area contributed by atoms with Crippen LogP contribution in [0.2, 0.25) is 5.02 Å². The fourth-order valence-electron chi connectivity index (χ4n) is 2.13. The minimum Gasteiger partial charge on any atom is -0.360 e. The summed E-state index contributed by atoms with van der Waals surface area (Å²) in [6.45, 7) is 1.93. The topological polar surface area (TPSA) is 48.7 Å². The number of rotatable bonds is 4. The highest BCUT2D eigenvalue weighted by Gasteiger charge is 2.09. The van der Waals surface area contributed by atoms with Crippen LogP contribution < -0.4 is 5.32 Å². The van der Waals surface area contributed by atoms with E-state index in [4.69, 9.17) is 11.6 Å². The lowest BCUT2D eigenvalue weighted by Gasteiger charge is -2.04. The van der Waals surface area contributed by atoms with Crippen molar-refractivity contribution in [1.82, 2.24) is 4.98 Å². The highest BCUT2D eigenvalue weighted by molar-refractivity contribution is 7.11. The van der Waals surface area contributed by atoms with Gasteiger partial charge in [0.15, 0.2) is 0 Å². The number of halogens is 2. The molecule has 1 heterocycles. The van der Waals surface area contributed by atoms with Crippen LogP contribution >= 0.6 is 22.9 Å². The Bertz CT molecular complexity index is 971. The number of thiazole rings is 1. The highest BCUT2D eigenvalue weighted by atomic mass is 35.5. The van der Waals surface area contributed by atoms with Crippen molar-refractivity contribution in [2.24, 2.45) is 0 Å². The minimum atomic E-state index is -0.294. The summed E-state index contributed by atoms with van der Waals surface area (Å²) in [5.74, 6) is -0.294. The van der Waals surface area contributed by atoms with Gasteiger partial charge in [-0.25, -0.2) is 9.37 Å². The Morgan fingerprint density at radius 1 is 1.28 bits per heavy atom. The van der Waals surface area contributed by atoms with Gasteiger partial charge in [-0.1, -0.05) is 17.7 Å². The predicted molar refractivity (Wildman–Crippen MR) is 101 cm³/mol. The molecular formula is C19H13ClFN3S. The van der Waals surface area contributed by atoms with E-state index in [1.807, 2.05) is 24.4 Å². The maximum absolute atomic E-state index is 13.0. The highest BCUT2D eigenvalue weighted by Crippen LogP contribution is 2.26. The lowest BCUT2D eigenvalue weighted by atomic mass is 10.2. The van der Waals surface area contributed by atoms with Gasteiger partial charge in [-0.3, -0.25) is 0 Å². The third kappa shape index (κ3) is 4.05. The van der Waals surface area contributed by atoms with Crippen LogP contribution in [0, 0.1) is 24.1 Å². The smallest absolute Gasteiger partial charge is 0.136 e. The molecule has 1 N–H and O–H groups in total. The SMILES string of the molecule is Cc1ccc(N/C=C(\C#N)c2nc(-c3ccc(F)cc3)cs2)cc1Cl. The zero-order valence-corrected chi connectivity index (χ0v) is 14.8. The predicted octanol–water partition coefficient (Wildman–Crippen LogP) is 5.89. The summed E-state index contributed by atoms with van der Waals surface area (Å²) in [6.07, 6.45) is 1.61. The summed E-state index contributed by atoms with van der Waals surface area (Å²) in [5, 5.41) is 15.6. The molecule has 1 aromatic heterocycles. The van der Waals surface area contributed by atoms with Crippen LogP contribution in [0.25, 0.3) is 16.8 Å². The van der Waals surface area contributed by atoms with Crippen molar-refractivity contribution in [2.45, 2.75) is 6.92 Å². The van der Waals surface area contributed by atoms with Crippen molar-refractivity contribution in [3.63, 3.8) is 0 Å². The number of allylic oxidation sites excluding steroid dienone is 1. The van der Waals surface area contributed by atoms with Crippen molar-refractivity contribution < 1.29 is 4.39 Å². The van der Waals surface area contributed by atoms with Crippen LogP contribution in [-0.4, -0.2) is 4.98 Å². The molecule has 25 heavy (non-hydrogen) atoms. The van der Waals surface area contributed by atoms with E-state index in [1.165, 1.54) is 23.5 Å². The molecule has 0 bridgehead atoms. The molecule has 0 unspecified atom stereocenters. The Balaban J connectivity index is 1.82. The van der Waals surface area contributed by atoms with Gasteiger partial charge >= 0.3 is 0 Å². The summed E-state index contributed by atoms with van der Waals surface area (Å²) >= 11 is 7.46. The van der Waals surface area contributed by atoms with E-state index >= 15 is 0 Å². The van der Waals surface area contributed by atoms with Gasteiger partial charge in [0.1, 0.15) is 22.5 Å². The molecule has 6 heteroatoms. The molecule has 0 radical (unpaired) electrons. The number of nitriles is 1. The average Bonchev–Trinajstić information content (AvgIpc) is 3.09. The zero-order chi connectivity index (χ0) is 17.8. The minimum absolute atomic E-state index is 0.294. The molecule has 3 aromatic rings. The van der Waals surface area contributed by atoms with Crippen LogP contribution in [-0.2, 0) is 0 Å². The van der Waals surface area contributed by atoms with Crippen molar-refractivity contribution in [1.29, 1.82) is 5.26 Å². The molecule has 0 fully saturated rings. The van der Waals surface area contributed by atoms with Crippen LogP contribution in [0.5, 0.6) is 0 Å². The number of nitrogens with zero attached hydrogens (tertiary/aromatic N) is 2. The first kappa shape index (κ1) is 17.2. The van der Waals surface area contributed by atoms with E-state index in [1.54, 1.807) is 24.4 Å². The zero-order valence-electron chi connectivity index (χ0n) is 13.3. The second-order valence-corrected chi connectivity index (χ2v) is 6.59. The van der Waals surface area contributed by atoms with E-state index in [2.05, 4.69) is 16.4 Å². The molecule has 0 aliphatic heterocycles. The molecule has 0 spiro atoms. The Morgan fingerprint density at radius 2 is 2.04 bits per heavy atom. The van der Waals surface area contributed by atoms with Gasteiger partial charge in [-0.05, 0) is 48.9 Å². The van der Waals surface area contributed by atoms with Crippen LogP contribution in [0.4, 0.5) is 10.1 Å². The van der Waals surface area contributed by atoms with Gasteiger partial charge in [-0.2, -0.15) is 5.26 Å². The summed E-state index contributed by atoms with van der Waals surface area (Å²) in [5.41, 5.74) is 3.70. The third-order valence-electron chi connectivity index (χ3n) is 3.55. The van der Waals surface area contributed by atoms with Gasteiger partial charge < -0.3 is 5.32 Å². The second-order valence-electron chi connectivity index (χ2n) is 5.32. The summed E-state index contributed by atoms with van der Waals surface area (Å²) in [6, 6.07) is 13.8. The standard InChI is InChI=1S/C19H13ClFN3S/c1-12-2-7-16(8-17(12)20)23-10-14(9-22)19-24-18(11-25-19)13-3-5-15(21)6-4-13/h2-8,10-11,23H,1H3/b14-10+. The van der Waals surface area contributed by atoms with Crippen molar-refractivity contribution in [3.8, 4) is 17.3 Å². The summed E-state index contributed by atoms with van der Waals surface area (Å²) < 4.78 is 13.0. The number of benzene rings is 2. The Kier molecular flexibility index (Phi) is 5.13. The Labute approximate surface area is 154 Å². The lowest BCUT2D eigenvalue weighted by Crippen LogP contribution is -1.91. The molecule has 0 atom stereocenters. The van der Waals surface area contributed by atoms with E-state index in [-0.39, 0.29) is 5.82 Å². The van der Waals surface area contributed by atoms with Crippen molar-refractivity contribution >= 4 is 34.2 Å². The first-order valence-corrected chi connectivity index (χ1v) is 8.67. The van der Waals surface area contributed by atoms with Crippen molar-refractivity contribution in [2.75, 3.05) is 5.32 Å². The molecule has 0 saturated heterocycles. The number of hydrogen-bond acceptors (Lipinski definition) is 4. The van der Waals surface area contributed by atoms with Gasteiger partial charge in [-0.15, -0.1) is 11.3 Å². The largest absolute Gasteiger partial charge is 0.360 e.